The van der Waals surface area contributed by atoms with Crippen LogP contribution in [0.4, 0.5) is 29.1 Å². The first-order chi connectivity index (χ1) is 13.1. The second-order valence-corrected chi connectivity index (χ2v) is 5.45. The summed E-state index contributed by atoms with van der Waals surface area (Å²) >= 11 is 0. The number of carbonyl (C=O) groups excluding carboxylic acids is 1. The summed E-state index contributed by atoms with van der Waals surface area (Å²) in [7, 11) is 0. The van der Waals surface area contributed by atoms with Crippen LogP contribution in [0.15, 0.2) is 60.4 Å². The highest BCUT2D eigenvalue weighted by molar-refractivity contribution is 6.05. The summed E-state index contributed by atoms with van der Waals surface area (Å²) in [6, 6.07) is 5.61. The molecule has 2 rings (SSSR count). The maximum Gasteiger partial charge on any atom is 0.573 e. The third-order valence-corrected chi connectivity index (χ3v) is 3.39. The highest BCUT2D eigenvalue weighted by Gasteiger charge is 2.31. The van der Waals surface area contributed by atoms with E-state index < -0.39 is 23.8 Å². The number of ether oxygens (including phenoxy) is 1. The number of carbonyl (C=O) groups is 1. The van der Waals surface area contributed by atoms with Crippen molar-refractivity contribution in [2.75, 3.05) is 11.1 Å². The lowest BCUT2D eigenvalue weighted by molar-refractivity contribution is -0.303. The number of allylic oxidation sites excluding steroid dienone is 2. The molecule has 10 heteroatoms. The van der Waals surface area contributed by atoms with Gasteiger partial charge in [-0.1, -0.05) is 12.6 Å². The van der Waals surface area contributed by atoms with Gasteiger partial charge in [-0.05, 0) is 37.3 Å². The summed E-state index contributed by atoms with van der Waals surface area (Å²) in [6.07, 6.45) is -1.73. The van der Waals surface area contributed by atoms with E-state index >= 15 is 0 Å². The Kier molecular flexibility index (Phi) is 6.24. The molecule has 1 heterocycles. The Morgan fingerprint density at radius 2 is 2.04 bits per heavy atom. The van der Waals surface area contributed by atoms with E-state index in [1.165, 1.54) is 25.1 Å². The van der Waals surface area contributed by atoms with Crippen LogP contribution in [0.25, 0.3) is 11.3 Å². The number of benzene rings is 1. The van der Waals surface area contributed by atoms with E-state index in [2.05, 4.69) is 26.8 Å². The van der Waals surface area contributed by atoms with Crippen LogP contribution >= 0.6 is 0 Å². The average molecular weight is 396 g/mol. The van der Waals surface area contributed by atoms with E-state index in [0.29, 0.717) is 11.3 Å². The second-order valence-electron chi connectivity index (χ2n) is 5.45. The number of nitrogens with zero attached hydrogens (tertiary/aromatic N) is 1. The van der Waals surface area contributed by atoms with Gasteiger partial charge < -0.3 is 15.8 Å². The monoisotopic (exact) mass is 396 g/mol. The van der Waals surface area contributed by atoms with E-state index in [1.807, 2.05) is 0 Å². The molecular weight excluding hydrogens is 380 g/mol. The summed E-state index contributed by atoms with van der Waals surface area (Å²) in [5.74, 6) is -1.67. The van der Waals surface area contributed by atoms with Crippen LogP contribution in [0.5, 0.6) is 0 Å². The predicted molar refractivity (Wildman–Crippen MR) is 96.2 cm³/mol. The van der Waals surface area contributed by atoms with Gasteiger partial charge in [0.15, 0.2) is 5.82 Å². The van der Waals surface area contributed by atoms with Crippen molar-refractivity contribution in [3.05, 3.63) is 66.2 Å². The van der Waals surface area contributed by atoms with Crippen LogP contribution in [0.1, 0.15) is 6.92 Å². The van der Waals surface area contributed by atoms with Gasteiger partial charge in [-0.3, -0.25) is 9.89 Å². The Balaban J connectivity index is 2.03. The molecule has 0 aliphatic rings. The number of halogens is 4. The molecule has 0 spiro atoms. The Morgan fingerprint density at radius 3 is 2.64 bits per heavy atom. The van der Waals surface area contributed by atoms with Gasteiger partial charge in [-0.15, -0.1) is 13.2 Å². The third kappa shape index (κ3) is 5.73. The summed E-state index contributed by atoms with van der Waals surface area (Å²) in [4.78, 5) is 12.1. The number of rotatable bonds is 6. The highest BCUT2D eigenvalue weighted by Crippen LogP contribution is 2.24. The molecule has 4 N–H and O–H groups in total. The summed E-state index contributed by atoms with van der Waals surface area (Å²) < 4.78 is 53.9. The van der Waals surface area contributed by atoms with Crippen molar-refractivity contribution in [1.82, 2.24) is 10.2 Å². The zero-order valence-corrected chi connectivity index (χ0v) is 14.6. The van der Waals surface area contributed by atoms with Crippen LogP contribution in [-0.2, 0) is 9.53 Å². The zero-order chi connectivity index (χ0) is 20.9. The van der Waals surface area contributed by atoms with E-state index in [0.717, 1.165) is 18.2 Å². The van der Waals surface area contributed by atoms with Crippen LogP contribution in [0.3, 0.4) is 0 Å². The summed E-state index contributed by atoms with van der Waals surface area (Å²) in [5, 5.41) is 8.91. The maximum atomic E-state index is 13.5. The first kappa shape index (κ1) is 20.7. The minimum Gasteiger partial charge on any atom is -0.406 e. The van der Waals surface area contributed by atoms with Gasteiger partial charge >= 0.3 is 6.36 Å². The molecule has 0 atom stereocenters. The van der Waals surface area contributed by atoms with E-state index in [9.17, 15) is 22.4 Å². The summed E-state index contributed by atoms with van der Waals surface area (Å²) in [6.45, 7) is 4.82. The maximum absolute atomic E-state index is 13.5. The molecule has 0 radical (unpaired) electrons. The molecule has 1 amide bonds. The van der Waals surface area contributed by atoms with Gasteiger partial charge in [-0.25, -0.2) is 4.39 Å². The van der Waals surface area contributed by atoms with Crippen molar-refractivity contribution in [3.63, 3.8) is 0 Å². The Labute approximate surface area is 157 Å². The molecule has 0 unspecified atom stereocenters. The quantitative estimate of drug-likeness (QED) is 0.223. The normalized spacial score (nSPS) is 12.2. The minimum atomic E-state index is -4.84. The summed E-state index contributed by atoms with van der Waals surface area (Å²) in [5.41, 5.74) is 6.16. The molecule has 0 saturated heterocycles. The lowest BCUT2D eigenvalue weighted by Crippen LogP contribution is -2.14. The number of aromatic amines is 1. The van der Waals surface area contributed by atoms with Gasteiger partial charge in [0.2, 0.25) is 0 Å². The van der Waals surface area contributed by atoms with E-state index in [4.69, 9.17) is 5.73 Å². The van der Waals surface area contributed by atoms with Crippen LogP contribution in [0.2, 0.25) is 0 Å². The Morgan fingerprint density at radius 1 is 1.32 bits per heavy atom. The fraction of sp³-hybridized carbons (Fsp3) is 0.111. The van der Waals surface area contributed by atoms with Crippen molar-refractivity contribution < 1.29 is 27.1 Å². The van der Waals surface area contributed by atoms with Gasteiger partial charge in [0.1, 0.15) is 11.6 Å². The molecule has 1 aromatic heterocycles. The SMILES string of the molecule is C=C(/C=C\C(=C/C)OC(F)(F)F)C(=O)Nc1cc(-c2ccc(N)c(F)c2)[nH]n1. The molecule has 148 valence electrons. The van der Waals surface area contributed by atoms with Crippen LogP contribution in [-0.4, -0.2) is 22.5 Å². The van der Waals surface area contributed by atoms with Crippen molar-refractivity contribution in [2.24, 2.45) is 0 Å². The molecule has 28 heavy (non-hydrogen) atoms. The van der Waals surface area contributed by atoms with Gasteiger partial charge in [-0.2, -0.15) is 5.10 Å². The predicted octanol–water partition coefficient (Wildman–Crippen LogP) is 4.29. The molecular formula is C18H16F4N4O2. The average Bonchev–Trinajstić information content (AvgIpc) is 3.08. The standard InChI is InChI=1S/C18H16F4N4O2/c1-3-12(28-18(20,21)22)6-4-10(2)17(27)24-16-9-15(25-26-16)11-5-7-14(23)13(19)8-11/h3-9H,2,23H2,1H3,(H2,24,25,26,27)/b6-4-,12-3+. The van der Waals surface area contributed by atoms with Gasteiger partial charge in [0, 0.05) is 17.2 Å². The first-order valence-electron chi connectivity index (χ1n) is 7.80. The molecule has 0 fully saturated rings. The number of hydrogen-bond acceptors (Lipinski definition) is 4. The number of aromatic nitrogens is 2. The third-order valence-electron chi connectivity index (χ3n) is 3.39. The first-order valence-corrected chi connectivity index (χ1v) is 7.80. The van der Waals surface area contributed by atoms with Gasteiger partial charge in [0.25, 0.3) is 5.91 Å². The number of alkyl halides is 3. The fourth-order valence-electron chi connectivity index (χ4n) is 2.01. The number of nitrogen functional groups attached to an aromatic ring is 1. The number of nitrogens with two attached hydrogens (primary N) is 1. The fourth-order valence-corrected chi connectivity index (χ4v) is 2.01. The lowest BCUT2D eigenvalue weighted by Gasteiger charge is -2.09. The zero-order valence-electron chi connectivity index (χ0n) is 14.6. The topological polar surface area (TPSA) is 93.0 Å². The van der Waals surface area contributed by atoms with Crippen molar-refractivity contribution >= 4 is 17.4 Å². The number of amides is 1. The minimum absolute atomic E-state index is 0.00474. The largest absolute Gasteiger partial charge is 0.573 e. The lowest BCUT2D eigenvalue weighted by atomic mass is 10.1. The highest BCUT2D eigenvalue weighted by atomic mass is 19.4. The molecule has 6 nitrogen and oxygen atoms in total. The number of hydrogen-bond donors (Lipinski definition) is 3. The van der Waals surface area contributed by atoms with Crippen LogP contribution in [0, 0.1) is 5.82 Å². The molecule has 0 aliphatic heterocycles. The van der Waals surface area contributed by atoms with E-state index in [1.54, 1.807) is 6.07 Å². The van der Waals surface area contributed by atoms with Gasteiger partial charge in [0.05, 0.1) is 11.4 Å². The smallest absolute Gasteiger partial charge is 0.406 e. The molecule has 0 bridgehead atoms. The molecule has 1 aromatic carbocycles. The molecule has 0 saturated carbocycles. The van der Waals surface area contributed by atoms with Crippen molar-refractivity contribution in [3.8, 4) is 11.3 Å². The number of H-pyrrole nitrogens is 1. The second kappa shape index (κ2) is 8.42. The van der Waals surface area contributed by atoms with Crippen molar-refractivity contribution in [2.45, 2.75) is 13.3 Å². The number of anilines is 2. The van der Waals surface area contributed by atoms with Crippen LogP contribution < -0.4 is 11.1 Å². The molecule has 0 aliphatic carbocycles. The van der Waals surface area contributed by atoms with Crippen molar-refractivity contribution in [1.29, 1.82) is 0 Å². The molecule has 2 aromatic rings. The van der Waals surface area contributed by atoms with E-state index in [-0.39, 0.29) is 17.1 Å². The Hall–Kier alpha value is -3.56. The Bertz CT molecular complexity index is 945. The number of nitrogens with one attached hydrogen (secondary N) is 2.